The van der Waals surface area contributed by atoms with Gasteiger partial charge in [-0.2, -0.15) is 0 Å². The minimum atomic E-state index is -0.0899. The number of nitrogens with zero attached hydrogens (tertiary/aromatic N) is 4. The van der Waals surface area contributed by atoms with Gasteiger partial charge in [-0.05, 0) is 48.2 Å². The molecule has 0 fully saturated rings. The van der Waals surface area contributed by atoms with Crippen LogP contribution in [0.25, 0.3) is 0 Å². The Morgan fingerprint density at radius 2 is 1.80 bits per heavy atom. The van der Waals surface area contributed by atoms with Gasteiger partial charge in [0.1, 0.15) is 0 Å². The first-order valence-electron chi connectivity index (χ1n) is 6.88. The van der Waals surface area contributed by atoms with Crippen LogP contribution in [-0.4, -0.2) is 20.2 Å². The number of hydrogen-bond acceptors (Lipinski definition) is 4. The van der Waals surface area contributed by atoms with E-state index in [-0.39, 0.29) is 5.54 Å². The molecule has 0 aliphatic heterocycles. The zero-order chi connectivity index (χ0) is 14.8. The summed E-state index contributed by atoms with van der Waals surface area (Å²) in [5, 5.41) is 12.8. The maximum Gasteiger partial charge on any atom is 0.210 e. The van der Waals surface area contributed by atoms with Crippen molar-refractivity contribution in [2.75, 3.05) is 0 Å². The predicted molar refractivity (Wildman–Crippen MR) is 82.9 cm³/mol. The van der Waals surface area contributed by atoms with Gasteiger partial charge in [-0.3, -0.25) is 0 Å². The van der Waals surface area contributed by atoms with E-state index in [1.807, 2.05) is 4.68 Å². The molecule has 20 heavy (non-hydrogen) atoms. The lowest BCUT2D eigenvalue weighted by atomic mass is 10.0. The van der Waals surface area contributed by atoms with E-state index in [1.165, 1.54) is 11.1 Å². The molecule has 2 rings (SSSR count). The molecule has 1 heterocycles. The average molecular weight is 290 g/mol. The third kappa shape index (κ3) is 3.60. The topological polar surface area (TPSA) is 43.6 Å². The molecule has 0 radical (unpaired) electrons. The standard InChI is InChI=1S/C15H22N4S/c1-11(2)13-8-6-12(7-9-13)10-20-14-16-17-18-19(14)15(3,4)5/h6-9,11H,10H2,1-5H3. The molecule has 0 saturated heterocycles. The first-order valence-corrected chi connectivity index (χ1v) is 7.87. The highest BCUT2D eigenvalue weighted by Gasteiger charge is 2.19. The summed E-state index contributed by atoms with van der Waals surface area (Å²) >= 11 is 1.67. The molecule has 0 aliphatic rings. The molecule has 1 aromatic carbocycles. The van der Waals surface area contributed by atoms with Gasteiger partial charge in [-0.25, -0.2) is 4.68 Å². The lowest BCUT2D eigenvalue weighted by Gasteiger charge is -2.19. The fourth-order valence-electron chi connectivity index (χ4n) is 1.84. The van der Waals surface area contributed by atoms with Crippen molar-refractivity contribution in [1.29, 1.82) is 0 Å². The van der Waals surface area contributed by atoms with Crippen molar-refractivity contribution >= 4 is 11.8 Å². The molecule has 0 N–H and O–H groups in total. The maximum atomic E-state index is 4.11. The van der Waals surface area contributed by atoms with E-state index in [2.05, 4.69) is 74.4 Å². The number of aromatic nitrogens is 4. The second-order valence-corrected chi connectivity index (χ2v) is 7.17. The third-order valence-electron chi connectivity index (χ3n) is 3.09. The number of thioether (sulfide) groups is 1. The van der Waals surface area contributed by atoms with E-state index in [0.29, 0.717) is 5.92 Å². The highest BCUT2D eigenvalue weighted by atomic mass is 32.2. The van der Waals surface area contributed by atoms with Crippen LogP contribution >= 0.6 is 11.8 Å². The van der Waals surface area contributed by atoms with Gasteiger partial charge >= 0.3 is 0 Å². The molecule has 0 atom stereocenters. The summed E-state index contributed by atoms with van der Waals surface area (Å²) in [6.45, 7) is 10.7. The van der Waals surface area contributed by atoms with Crippen molar-refractivity contribution in [3.63, 3.8) is 0 Å². The number of hydrogen-bond donors (Lipinski definition) is 0. The predicted octanol–water partition coefficient (Wildman–Crippen LogP) is 3.84. The summed E-state index contributed by atoms with van der Waals surface area (Å²) < 4.78 is 1.88. The molecule has 1 aromatic heterocycles. The molecule has 0 unspecified atom stereocenters. The summed E-state index contributed by atoms with van der Waals surface area (Å²) in [5.41, 5.74) is 2.58. The quantitative estimate of drug-likeness (QED) is 0.802. The molecule has 4 nitrogen and oxygen atoms in total. The fourth-order valence-corrected chi connectivity index (χ4v) is 2.85. The van der Waals surface area contributed by atoms with E-state index in [9.17, 15) is 0 Å². The second-order valence-electron chi connectivity index (χ2n) is 6.23. The van der Waals surface area contributed by atoms with Crippen molar-refractivity contribution in [2.45, 2.75) is 57.0 Å². The zero-order valence-corrected chi connectivity index (χ0v) is 13.6. The normalized spacial score (nSPS) is 12.1. The van der Waals surface area contributed by atoms with Crippen LogP contribution in [0.15, 0.2) is 29.4 Å². The summed E-state index contributed by atoms with van der Waals surface area (Å²) in [5.74, 6) is 1.46. The SMILES string of the molecule is CC(C)c1ccc(CSc2nnnn2C(C)(C)C)cc1. The molecule has 0 spiro atoms. The second kappa shape index (κ2) is 5.95. The van der Waals surface area contributed by atoms with Crippen molar-refractivity contribution in [2.24, 2.45) is 0 Å². The fraction of sp³-hybridized carbons (Fsp3) is 0.533. The van der Waals surface area contributed by atoms with Crippen molar-refractivity contribution in [3.05, 3.63) is 35.4 Å². The van der Waals surface area contributed by atoms with Crippen molar-refractivity contribution in [3.8, 4) is 0 Å². The Bertz CT molecular complexity index is 552. The first kappa shape index (κ1) is 15.0. The van der Waals surface area contributed by atoms with E-state index >= 15 is 0 Å². The van der Waals surface area contributed by atoms with E-state index < -0.39 is 0 Å². The zero-order valence-electron chi connectivity index (χ0n) is 12.8. The van der Waals surface area contributed by atoms with Crippen LogP contribution in [0.4, 0.5) is 0 Å². The molecule has 5 heteroatoms. The molecular weight excluding hydrogens is 268 g/mol. The molecular formula is C15H22N4S. The van der Waals surface area contributed by atoms with Crippen LogP contribution in [0.5, 0.6) is 0 Å². The van der Waals surface area contributed by atoms with E-state index in [1.54, 1.807) is 11.8 Å². The van der Waals surface area contributed by atoms with Crippen LogP contribution in [0, 0.1) is 0 Å². The Hall–Kier alpha value is -1.36. The van der Waals surface area contributed by atoms with Crippen LogP contribution in [0.1, 0.15) is 51.7 Å². The van der Waals surface area contributed by atoms with Gasteiger partial charge in [-0.1, -0.05) is 49.9 Å². The molecule has 2 aromatic rings. The lowest BCUT2D eigenvalue weighted by molar-refractivity contribution is 0.321. The van der Waals surface area contributed by atoms with E-state index in [4.69, 9.17) is 0 Å². The highest BCUT2D eigenvalue weighted by Crippen LogP contribution is 2.25. The van der Waals surface area contributed by atoms with Crippen LogP contribution in [-0.2, 0) is 11.3 Å². The van der Waals surface area contributed by atoms with Gasteiger partial charge in [0.2, 0.25) is 5.16 Å². The average Bonchev–Trinajstić information content (AvgIpc) is 2.85. The number of tetrazole rings is 1. The monoisotopic (exact) mass is 290 g/mol. The van der Waals surface area contributed by atoms with Gasteiger partial charge in [-0.15, -0.1) is 5.10 Å². The maximum absolute atomic E-state index is 4.11. The Labute approximate surface area is 125 Å². The summed E-state index contributed by atoms with van der Waals surface area (Å²) in [6, 6.07) is 8.78. The highest BCUT2D eigenvalue weighted by molar-refractivity contribution is 7.98. The summed E-state index contributed by atoms with van der Waals surface area (Å²) in [7, 11) is 0. The van der Waals surface area contributed by atoms with Crippen LogP contribution in [0.2, 0.25) is 0 Å². The molecule has 108 valence electrons. The lowest BCUT2D eigenvalue weighted by Crippen LogP contribution is -2.24. The van der Waals surface area contributed by atoms with E-state index in [0.717, 1.165) is 10.9 Å². The Morgan fingerprint density at radius 1 is 1.15 bits per heavy atom. The van der Waals surface area contributed by atoms with Crippen molar-refractivity contribution < 1.29 is 0 Å². The number of rotatable bonds is 4. The Kier molecular flexibility index (Phi) is 4.48. The molecule has 0 aliphatic carbocycles. The molecule has 0 saturated carbocycles. The van der Waals surface area contributed by atoms with Gasteiger partial charge in [0.15, 0.2) is 0 Å². The molecule has 0 bridgehead atoms. The van der Waals surface area contributed by atoms with Gasteiger partial charge in [0.05, 0.1) is 5.54 Å². The Balaban J connectivity index is 2.04. The number of benzene rings is 1. The first-order chi connectivity index (χ1) is 9.38. The minimum Gasteiger partial charge on any atom is -0.215 e. The molecule has 0 amide bonds. The van der Waals surface area contributed by atoms with Gasteiger partial charge < -0.3 is 0 Å². The van der Waals surface area contributed by atoms with Crippen molar-refractivity contribution in [1.82, 2.24) is 20.2 Å². The summed E-state index contributed by atoms with van der Waals surface area (Å²) in [4.78, 5) is 0. The summed E-state index contributed by atoms with van der Waals surface area (Å²) in [6.07, 6.45) is 0. The van der Waals surface area contributed by atoms with Gasteiger partial charge in [0.25, 0.3) is 0 Å². The largest absolute Gasteiger partial charge is 0.215 e. The minimum absolute atomic E-state index is 0.0899. The van der Waals surface area contributed by atoms with Crippen LogP contribution in [0.3, 0.4) is 0 Å². The van der Waals surface area contributed by atoms with Crippen LogP contribution < -0.4 is 0 Å². The Morgan fingerprint density at radius 3 is 2.35 bits per heavy atom. The third-order valence-corrected chi connectivity index (χ3v) is 4.08. The smallest absolute Gasteiger partial charge is 0.210 e. The van der Waals surface area contributed by atoms with Gasteiger partial charge in [0, 0.05) is 5.75 Å².